The van der Waals surface area contributed by atoms with Gasteiger partial charge < -0.3 is 10.5 Å². The highest BCUT2D eigenvalue weighted by molar-refractivity contribution is 5.52. The minimum Gasteiger partial charge on any atom is -0.483 e. The summed E-state index contributed by atoms with van der Waals surface area (Å²) in [6.07, 6.45) is 1.89. The van der Waals surface area contributed by atoms with Crippen LogP contribution in [0.25, 0.3) is 0 Å². The fourth-order valence-corrected chi connectivity index (χ4v) is 2.40. The Bertz CT molecular complexity index is 582. The van der Waals surface area contributed by atoms with Crippen molar-refractivity contribution in [2.75, 3.05) is 5.73 Å². The Labute approximate surface area is 105 Å². The van der Waals surface area contributed by atoms with Gasteiger partial charge in [-0.2, -0.15) is 0 Å². The molecule has 1 aliphatic carbocycles. The zero-order valence-corrected chi connectivity index (χ0v) is 9.90. The molecule has 0 spiro atoms. The number of nitrogens with two attached hydrogens (primary N) is 1. The molecular weight excluding hydrogens is 229 g/mol. The van der Waals surface area contributed by atoms with Crippen molar-refractivity contribution in [2.45, 2.75) is 18.9 Å². The molecule has 0 aliphatic heterocycles. The van der Waals surface area contributed by atoms with Crippen molar-refractivity contribution in [3.63, 3.8) is 0 Å². The third kappa shape index (κ3) is 1.92. The average Bonchev–Trinajstić information content (AvgIpc) is 2.78. The Morgan fingerprint density at radius 2 is 2.00 bits per heavy atom. The van der Waals surface area contributed by atoms with Gasteiger partial charge in [0, 0.05) is 6.07 Å². The molecule has 1 aliphatic rings. The largest absolute Gasteiger partial charge is 0.483 e. The number of aryl methyl sites for hydroxylation is 1. The summed E-state index contributed by atoms with van der Waals surface area (Å²) in [5.41, 5.74) is 8.75. The Kier molecular flexibility index (Phi) is 2.67. The second kappa shape index (κ2) is 4.33. The molecule has 0 amide bonds. The molecule has 2 aromatic rings. The average molecular weight is 243 g/mol. The fourth-order valence-electron chi connectivity index (χ4n) is 2.40. The summed E-state index contributed by atoms with van der Waals surface area (Å²) in [4.78, 5) is 0. The SMILES string of the molecule is Nc1ccc(F)cc1OC1CCc2ccccc21. The molecule has 0 saturated heterocycles. The van der Waals surface area contributed by atoms with E-state index in [1.54, 1.807) is 0 Å². The normalized spacial score (nSPS) is 17.5. The maximum Gasteiger partial charge on any atom is 0.146 e. The monoisotopic (exact) mass is 243 g/mol. The van der Waals surface area contributed by atoms with Crippen LogP contribution in [0.2, 0.25) is 0 Å². The summed E-state index contributed by atoms with van der Waals surface area (Å²) in [6.45, 7) is 0. The van der Waals surface area contributed by atoms with E-state index in [0.29, 0.717) is 11.4 Å². The third-order valence-electron chi connectivity index (χ3n) is 3.32. The minimum absolute atomic E-state index is 0.0229. The molecular formula is C15H14FNO. The third-order valence-corrected chi connectivity index (χ3v) is 3.32. The van der Waals surface area contributed by atoms with Crippen molar-refractivity contribution in [3.05, 3.63) is 59.4 Å². The summed E-state index contributed by atoms with van der Waals surface area (Å²) in [5.74, 6) is 0.0992. The van der Waals surface area contributed by atoms with Crippen LogP contribution in [0.15, 0.2) is 42.5 Å². The highest BCUT2D eigenvalue weighted by atomic mass is 19.1. The lowest BCUT2D eigenvalue weighted by atomic mass is 10.1. The van der Waals surface area contributed by atoms with Crippen LogP contribution in [0.3, 0.4) is 0 Å². The molecule has 0 fully saturated rings. The van der Waals surface area contributed by atoms with Crippen LogP contribution in [-0.2, 0) is 6.42 Å². The van der Waals surface area contributed by atoms with Crippen molar-refractivity contribution in [3.8, 4) is 5.75 Å². The molecule has 1 atom stereocenters. The van der Waals surface area contributed by atoms with Crippen LogP contribution in [-0.4, -0.2) is 0 Å². The molecule has 0 bridgehead atoms. The maximum atomic E-state index is 13.2. The predicted molar refractivity (Wildman–Crippen MR) is 68.9 cm³/mol. The summed E-state index contributed by atoms with van der Waals surface area (Å²) < 4.78 is 19.0. The smallest absolute Gasteiger partial charge is 0.146 e. The Morgan fingerprint density at radius 3 is 2.89 bits per heavy atom. The van der Waals surface area contributed by atoms with E-state index >= 15 is 0 Å². The lowest BCUT2D eigenvalue weighted by molar-refractivity contribution is 0.208. The Morgan fingerprint density at radius 1 is 1.17 bits per heavy atom. The van der Waals surface area contributed by atoms with Crippen molar-refractivity contribution >= 4 is 5.69 Å². The fraction of sp³-hybridized carbons (Fsp3) is 0.200. The first-order valence-corrected chi connectivity index (χ1v) is 6.03. The summed E-state index contributed by atoms with van der Waals surface area (Å²) >= 11 is 0. The number of hydrogen-bond acceptors (Lipinski definition) is 2. The van der Waals surface area contributed by atoms with E-state index in [9.17, 15) is 4.39 Å². The number of ether oxygens (including phenoxy) is 1. The highest BCUT2D eigenvalue weighted by Crippen LogP contribution is 2.36. The van der Waals surface area contributed by atoms with E-state index in [1.165, 1.54) is 29.3 Å². The second-order valence-electron chi connectivity index (χ2n) is 4.53. The van der Waals surface area contributed by atoms with Crippen LogP contribution < -0.4 is 10.5 Å². The van der Waals surface area contributed by atoms with Gasteiger partial charge in [0.1, 0.15) is 17.7 Å². The van der Waals surface area contributed by atoms with E-state index in [1.807, 2.05) is 12.1 Å². The summed E-state index contributed by atoms with van der Waals surface area (Å²) in [5, 5.41) is 0. The molecule has 1 unspecified atom stereocenters. The maximum absolute atomic E-state index is 13.2. The zero-order valence-electron chi connectivity index (χ0n) is 9.90. The molecule has 0 heterocycles. The van der Waals surface area contributed by atoms with Crippen LogP contribution in [0.4, 0.5) is 10.1 Å². The van der Waals surface area contributed by atoms with E-state index in [-0.39, 0.29) is 11.9 Å². The van der Waals surface area contributed by atoms with Crippen LogP contribution >= 0.6 is 0 Å². The number of benzene rings is 2. The molecule has 2 aromatic carbocycles. The van der Waals surface area contributed by atoms with Gasteiger partial charge in [-0.1, -0.05) is 24.3 Å². The van der Waals surface area contributed by atoms with E-state index in [4.69, 9.17) is 10.5 Å². The minimum atomic E-state index is -0.328. The molecule has 2 N–H and O–H groups in total. The molecule has 3 rings (SSSR count). The topological polar surface area (TPSA) is 35.2 Å². The predicted octanol–water partition coefficient (Wildman–Crippen LogP) is 3.47. The lowest BCUT2D eigenvalue weighted by Gasteiger charge is -2.16. The number of rotatable bonds is 2. The molecule has 0 saturated carbocycles. The summed E-state index contributed by atoms with van der Waals surface area (Å²) in [7, 11) is 0. The van der Waals surface area contributed by atoms with Crippen molar-refractivity contribution in [1.29, 1.82) is 0 Å². The van der Waals surface area contributed by atoms with Crippen LogP contribution in [0.5, 0.6) is 5.75 Å². The van der Waals surface area contributed by atoms with Gasteiger partial charge in [-0.15, -0.1) is 0 Å². The van der Waals surface area contributed by atoms with Gasteiger partial charge in [-0.25, -0.2) is 4.39 Å². The highest BCUT2D eigenvalue weighted by Gasteiger charge is 2.24. The van der Waals surface area contributed by atoms with Gasteiger partial charge in [0.05, 0.1) is 5.69 Å². The molecule has 0 aromatic heterocycles. The van der Waals surface area contributed by atoms with Crippen LogP contribution in [0, 0.1) is 5.82 Å². The van der Waals surface area contributed by atoms with E-state index in [2.05, 4.69) is 12.1 Å². The summed E-state index contributed by atoms with van der Waals surface area (Å²) in [6, 6.07) is 12.4. The standard InChI is InChI=1S/C15H14FNO/c16-11-6-7-13(17)15(9-11)18-14-8-5-10-3-1-2-4-12(10)14/h1-4,6-7,9,14H,5,8,17H2. The first-order chi connectivity index (χ1) is 8.74. The number of nitrogen functional groups attached to an aromatic ring is 1. The van der Waals surface area contributed by atoms with Crippen molar-refractivity contribution < 1.29 is 9.13 Å². The zero-order chi connectivity index (χ0) is 12.5. The van der Waals surface area contributed by atoms with E-state index < -0.39 is 0 Å². The first-order valence-electron chi connectivity index (χ1n) is 6.03. The number of halogens is 1. The van der Waals surface area contributed by atoms with Gasteiger partial charge in [-0.3, -0.25) is 0 Å². The molecule has 18 heavy (non-hydrogen) atoms. The number of anilines is 1. The Hall–Kier alpha value is -2.03. The number of hydrogen-bond donors (Lipinski definition) is 1. The van der Waals surface area contributed by atoms with Crippen molar-refractivity contribution in [2.24, 2.45) is 0 Å². The number of fused-ring (bicyclic) bond motifs is 1. The molecule has 3 heteroatoms. The van der Waals surface area contributed by atoms with Crippen LogP contribution in [0.1, 0.15) is 23.7 Å². The first kappa shape index (κ1) is 11.1. The van der Waals surface area contributed by atoms with Gasteiger partial charge in [0.15, 0.2) is 0 Å². The van der Waals surface area contributed by atoms with Gasteiger partial charge >= 0.3 is 0 Å². The second-order valence-corrected chi connectivity index (χ2v) is 4.53. The van der Waals surface area contributed by atoms with E-state index in [0.717, 1.165) is 12.8 Å². The molecule has 2 nitrogen and oxygen atoms in total. The molecule has 0 radical (unpaired) electrons. The van der Waals surface area contributed by atoms with Crippen molar-refractivity contribution in [1.82, 2.24) is 0 Å². The van der Waals surface area contributed by atoms with Gasteiger partial charge in [0.2, 0.25) is 0 Å². The van der Waals surface area contributed by atoms with Gasteiger partial charge in [0.25, 0.3) is 0 Å². The molecule has 92 valence electrons. The lowest BCUT2D eigenvalue weighted by Crippen LogP contribution is -2.05. The quantitative estimate of drug-likeness (QED) is 0.820. The Balaban J connectivity index is 1.88. The van der Waals surface area contributed by atoms with Gasteiger partial charge in [-0.05, 0) is 36.1 Å².